The lowest BCUT2D eigenvalue weighted by atomic mass is 10.0. The SMILES string of the molecule is C=CNc1cnc(N=C(c2ccccc2)c2ccccc2)nc1. The van der Waals surface area contributed by atoms with Gasteiger partial charge in [-0.25, -0.2) is 15.0 Å². The fourth-order valence-electron chi connectivity index (χ4n) is 2.16. The summed E-state index contributed by atoms with van der Waals surface area (Å²) >= 11 is 0. The molecular weight excluding hydrogens is 284 g/mol. The number of nitrogens with zero attached hydrogens (tertiary/aromatic N) is 3. The highest BCUT2D eigenvalue weighted by atomic mass is 15.1. The van der Waals surface area contributed by atoms with Gasteiger partial charge in [0, 0.05) is 11.1 Å². The van der Waals surface area contributed by atoms with Gasteiger partial charge >= 0.3 is 0 Å². The van der Waals surface area contributed by atoms with E-state index in [0.717, 1.165) is 22.5 Å². The van der Waals surface area contributed by atoms with Crippen molar-refractivity contribution >= 4 is 17.3 Å². The molecule has 1 aromatic heterocycles. The van der Waals surface area contributed by atoms with Crippen molar-refractivity contribution in [2.75, 3.05) is 5.32 Å². The number of hydrogen-bond donors (Lipinski definition) is 1. The summed E-state index contributed by atoms with van der Waals surface area (Å²) in [5.41, 5.74) is 3.67. The van der Waals surface area contributed by atoms with Gasteiger partial charge in [0.1, 0.15) is 0 Å². The molecule has 0 saturated heterocycles. The van der Waals surface area contributed by atoms with E-state index in [2.05, 4.69) is 26.9 Å². The Morgan fingerprint density at radius 1 is 0.870 bits per heavy atom. The molecule has 4 nitrogen and oxygen atoms in total. The quantitative estimate of drug-likeness (QED) is 0.718. The van der Waals surface area contributed by atoms with Gasteiger partial charge in [-0.3, -0.25) is 0 Å². The molecule has 3 rings (SSSR count). The maximum Gasteiger partial charge on any atom is 0.249 e. The van der Waals surface area contributed by atoms with Gasteiger partial charge in [-0.05, 0) is 6.20 Å². The van der Waals surface area contributed by atoms with E-state index >= 15 is 0 Å². The molecule has 0 fully saturated rings. The molecule has 3 aromatic rings. The van der Waals surface area contributed by atoms with Crippen LogP contribution in [0.5, 0.6) is 0 Å². The van der Waals surface area contributed by atoms with Crippen LogP contribution in [0.4, 0.5) is 11.6 Å². The van der Waals surface area contributed by atoms with Crippen LogP contribution in [0, 0.1) is 0 Å². The zero-order valence-corrected chi connectivity index (χ0v) is 12.6. The van der Waals surface area contributed by atoms with Gasteiger partial charge < -0.3 is 5.32 Å². The van der Waals surface area contributed by atoms with Crippen molar-refractivity contribution < 1.29 is 0 Å². The summed E-state index contributed by atoms with van der Waals surface area (Å²) in [6.07, 6.45) is 4.95. The molecule has 0 aliphatic heterocycles. The van der Waals surface area contributed by atoms with Gasteiger partial charge in [-0.1, -0.05) is 67.2 Å². The number of aliphatic imine (C=N–C) groups is 1. The first-order chi connectivity index (χ1) is 11.4. The average Bonchev–Trinajstić information content (AvgIpc) is 2.63. The predicted octanol–water partition coefficient (Wildman–Crippen LogP) is 4.20. The first kappa shape index (κ1) is 14.7. The summed E-state index contributed by atoms with van der Waals surface area (Å²) < 4.78 is 0. The minimum atomic E-state index is 0.419. The summed E-state index contributed by atoms with van der Waals surface area (Å²) in [7, 11) is 0. The Bertz CT molecular complexity index is 752. The van der Waals surface area contributed by atoms with Crippen LogP contribution in [0.25, 0.3) is 0 Å². The van der Waals surface area contributed by atoms with Gasteiger partial charge in [-0.15, -0.1) is 0 Å². The third-order valence-corrected chi connectivity index (χ3v) is 3.21. The van der Waals surface area contributed by atoms with Gasteiger partial charge in [0.15, 0.2) is 0 Å². The standard InChI is InChI=1S/C19H16N4/c1-2-20-17-13-21-19(22-14-17)23-18(15-9-5-3-6-10-15)16-11-7-4-8-12-16/h2-14,20H,1H2. The van der Waals surface area contributed by atoms with E-state index < -0.39 is 0 Å². The van der Waals surface area contributed by atoms with E-state index in [1.165, 1.54) is 0 Å². The largest absolute Gasteiger partial charge is 0.360 e. The minimum absolute atomic E-state index is 0.419. The van der Waals surface area contributed by atoms with Gasteiger partial charge in [0.25, 0.3) is 0 Å². The Labute approximate surface area is 135 Å². The van der Waals surface area contributed by atoms with Crippen molar-refractivity contribution in [3.63, 3.8) is 0 Å². The van der Waals surface area contributed by atoms with Crippen LogP contribution in [-0.2, 0) is 0 Å². The van der Waals surface area contributed by atoms with Gasteiger partial charge in [0.2, 0.25) is 5.95 Å². The van der Waals surface area contributed by atoms with Crippen molar-refractivity contribution in [3.05, 3.63) is 97.0 Å². The summed E-state index contributed by atoms with van der Waals surface area (Å²) in [6.45, 7) is 3.61. The van der Waals surface area contributed by atoms with E-state index in [1.54, 1.807) is 18.6 Å². The molecule has 0 spiro atoms. The van der Waals surface area contributed by atoms with Crippen LogP contribution in [-0.4, -0.2) is 15.7 Å². The second-order valence-corrected chi connectivity index (χ2v) is 4.81. The van der Waals surface area contributed by atoms with Crippen molar-refractivity contribution in [1.29, 1.82) is 0 Å². The lowest BCUT2D eigenvalue weighted by Crippen LogP contribution is -2.03. The highest BCUT2D eigenvalue weighted by molar-refractivity contribution is 6.13. The molecule has 4 heteroatoms. The Morgan fingerprint density at radius 2 is 1.39 bits per heavy atom. The fraction of sp³-hybridized carbons (Fsp3) is 0. The van der Waals surface area contributed by atoms with Crippen LogP contribution in [0.1, 0.15) is 11.1 Å². The average molecular weight is 300 g/mol. The molecule has 0 saturated carbocycles. The molecular formula is C19H16N4. The smallest absolute Gasteiger partial charge is 0.249 e. The zero-order valence-electron chi connectivity index (χ0n) is 12.6. The third-order valence-electron chi connectivity index (χ3n) is 3.21. The van der Waals surface area contributed by atoms with E-state index in [-0.39, 0.29) is 0 Å². The van der Waals surface area contributed by atoms with E-state index in [1.807, 2.05) is 60.7 Å². The summed E-state index contributed by atoms with van der Waals surface area (Å²) in [6, 6.07) is 20.0. The first-order valence-corrected chi connectivity index (χ1v) is 7.26. The molecule has 0 unspecified atom stereocenters. The molecule has 0 aliphatic carbocycles. The Morgan fingerprint density at radius 3 is 1.87 bits per heavy atom. The highest BCUT2D eigenvalue weighted by Crippen LogP contribution is 2.15. The van der Waals surface area contributed by atoms with E-state index in [9.17, 15) is 0 Å². The molecule has 1 heterocycles. The molecule has 0 amide bonds. The second-order valence-electron chi connectivity index (χ2n) is 4.81. The van der Waals surface area contributed by atoms with Crippen molar-refractivity contribution in [2.24, 2.45) is 4.99 Å². The molecule has 112 valence electrons. The number of nitrogens with one attached hydrogen (secondary N) is 1. The van der Waals surface area contributed by atoms with Crippen LogP contribution in [0.3, 0.4) is 0 Å². The zero-order chi connectivity index (χ0) is 15.9. The third kappa shape index (κ3) is 3.68. The Balaban J connectivity index is 2.03. The predicted molar refractivity (Wildman–Crippen MR) is 94.0 cm³/mol. The lowest BCUT2D eigenvalue weighted by molar-refractivity contribution is 1.13. The molecule has 0 bridgehead atoms. The number of hydrogen-bond acceptors (Lipinski definition) is 4. The van der Waals surface area contributed by atoms with Crippen LogP contribution in [0.15, 0.2) is 90.8 Å². The molecule has 23 heavy (non-hydrogen) atoms. The highest BCUT2D eigenvalue weighted by Gasteiger charge is 2.07. The maximum atomic E-state index is 4.64. The van der Waals surface area contributed by atoms with E-state index in [4.69, 9.17) is 0 Å². The van der Waals surface area contributed by atoms with Crippen molar-refractivity contribution in [1.82, 2.24) is 9.97 Å². The monoisotopic (exact) mass is 300 g/mol. The topological polar surface area (TPSA) is 50.2 Å². The first-order valence-electron chi connectivity index (χ1n) is 7.26. The van der Waals surface area contributed by atoms with Crippen LogP contribution < -0.4 is 5.32 Å². The molecule has 0 aliphatic rings. The van der Waals surface area contributed by atoms with Gasteiger partial charge in [0.05, 0.1) is 23.8 Å². The Kier molecular flexibility index (Phi) is 4.55. The second kappa shape index (κ2) is 7.13. The Hall–Kier alpha value is -3.27. The fourth-order valence-corrected chi connectivity index (χ4v) is 2.16. The summed E-state index contributed by atoms with van der Waals surface area (Å²) in [5.74, 6) is 0.419. The normalized spacial score (nSPS) is 9.91. The molecule has 1 N–H and O–H groups in total. The maximum absolute atomic E-state index is 4.64. The van der Waals surface area contributed by atoms with Crippen molar-refractivity contribution in [3.8, 4) is 0 Å². The summed E-state index contributed by atoms with van der Waals surface area (Å²) in [5, 5.41) is 2.94. The van der Waals surface area contributed by atoms with Crippen molar-refractivity contribution in [2.45, 2.75) is 0 Å². The number of rotatable bonds is 5. The van der Waals surface area contributed by atoms with Gasteiger partial charge in [-0.2, -0.15) is 0 Å². The molecule has 2 aromatic carbocycles. The number of aromatic nitrogens is 2. The molecule has 0 radical (unpaired) electrons. The number of benzene rings is 2. The summed E-state index contributed by atoms with van der Waals surface area (Å²) in [4.78, 5) is 13.2. The lowest BCUT2D eigenvalue weighted by Gasteiger charge is -2.07. The van der Waals surface area contributed by atoms with Crippen LogP contribution >= 0.6 is 0 Å². The molecule has 0 atom stereocenters. The van der Waals surface area contributed by atoms with Crippen LogP contribution in [0.2, 0.25) is 0 Å². The number of anilines is 1. The van der Waals surface area contributed by atoms with E-state index in [0.29, 0.717) is 5.95 Å². The minimum Gasteiger partial charge on any atom is -0.360 e.